The number of hydrogen-bond acceptors (Lipinski definition) is 8. The minimum Gasteiger partial charge on any atom is -0.480 e. The van der Waals surface area contributed by atoms with Gasteiger partial charge in [-0.3, -0.25) is 19.2 Å². The smallest absolute Gasteiger partial charge is 0.326 e. The summed E-state index contributed by atoms with van der Waals surface area (Å²) in [7, 11) is 0. The molecule has 0 radical (unpaired) electrons. The van der Waals surface area contributed by atoms with Gasteiger partial charge in [0.15, 0.2) is 0 Å². The second-order valence-electron chi connectivity index (χ2n) is 8.23. The first-order chi connectivity index (χ1) is 15.9. The van der Waals surface area contributed by atoms with Gasteiger partial charge in [-0.15, -0.1) is 0 Å². The van der Waals surface area contributed by atoms with Gasteiger partial charge in [0.05, 0.1) is 12.4 Å². The third-order valence-corrected chi connectivity index (χ3v) is 5.15. The molecule has 0 spiro atoms. The van der Waals surface area contributed by atoms with Gasteiger partial charge in [0.2, 0.25) is 23.6 Å². The normalized spacial score (nSPS) is 14.5. The highest BCUT2D eigenvalue weighted by Gasteiger charge is 2.30. The number of aliphatic carboxylic acids is 1. The summed E-state index contributed by atoms with van der Waals surface area (Å²) < 4.78 is 0. The van der Waals surface area contributed by atoms with Gasteiger partial charge in [-0.25, -0.2) is 9.78 Å². The van der Waals surface area contributed by atoms with Gasteiger partial charge in [0, 0.05) is 30.5 Å². The molecule has 1 aromatic rings. The van der Waals surface area contributed by atoms with Crippen molar-refractivity contribution in [3.63, 3.8) is 0 Å². The number of thiol groups is 1. The zero-order chi connectivity index (χ0) is 25.8. The van der Waals surface area contributed by atoms with E-state index in [0.717, 1.165) is 0 Å². The number of aromatic nitrogens is 2. The van der Waals surface area contributed by atoms with Gasteiger partial charge in [-0.05, 0) is 18.8 Å². The van der Waals surface area contributed by atoms with Crippen LogP contribution in [0.1, 0.15) is 38.8 Å². The molecule has 1 rings (SSSR count). The summed E-state index contributed by atoms with van der Waals surface area (Å²) in [5, 5.41) is 16.8. The Morgan fingerprint density at radius 3 is 2.15 bits per heavy atom. The van der Waals surface area contributed by atoms with Crippen molar-refractivity contribution in [2.75, 3.05) is 5.75 Å². The number of imidazole rings is 1. The molecule has 14 heteroatoms. The summed E-state index contributed by atoms with van der Waals surface area (Å²) in [6.07, 6.45) is 2.97. The van der Waals surface area contributed by atoms with E-state index in [1.165, 1.54) is 12.5 Å². The van der Waals surface area contributed by atoms with E-state index < -0.39 is 53.8 Å². The summed E-state index contributed by atoms with van der Waals surface area (Å²) in [5.74, 6) is -4.01. The lowest BCUT2D eigenvalue weighted by atomic mass is 10.0. The van der Waals surface area contributed by atoms with Crippen molar-refractivity contribution in [3.8, 4) is 0 Å². The van der Waals surface area contributed by atoms with Crippen molar-refractivity contribution in [2.45, 2.75) is 63.7 Å². The second-order valence-corrected chi connectivity index (χ2v) is 8.59. The number of carboxylic acid groups (broad SMARTS) is 1. The van der Waals surface area contributed by atoms with Crippen LogP contribution in [0, 0.1) is 5.92 Å². The van der Waals surface area contributed by atoms with Crippen molar-refractivity contribution >= 4 is 42.2 Å². The predicted octanol–water partition coefficient (Wildman–Crippen LogP) is -1.94. The molecule has 1 heterocycles. The van der Waals surface area contributed by atoms with E-state index in [1.807, 2.05) is 13.8 Å². The fourth-order valence-corrected chi connectivity index (χ4v) is 3.22. The van der Waals surface area contributed by atoms with Crippen LogP contribution < -0.4 is 27.4 Å². The lowest BCUT2D eigenvalue weighted by Crippen LogP contribution is -2.58. The average molecular weight is 500 g/mol. The molecule has 0 saturated heterocycles. The highest BCUT2D eigenvalue weighted by atomic mass is 32.1. The number of aromatic amines is 1. The molecule has 0 fully saturated rings. The zero-order valence-electron chi connectivity index (χ0n) is 19.1. The van der Waals surface area contributed by atoms with Crippen LogP contribution in [0.2, 0.25) is 0 Å². The topological polar surface area (TPSA) is 222 Å². The van der Waals surface area contributed by atoms with Crippen molar-refractivity contribution in [3.05, 3.63) is 18.2 Å². The lowest BCUT2D eigenvalue weighted by molar-refractivity contribution is -0.142. The molecule has 4 atom stereocenters. The van der Waals surface area contributed by atoms with Gasteiger partial charge < -0.3 is 37.5 Å². The van der Waals surface area contributed by atoms with Crippen LogP contribution in [0.5, 0.6) is 0 Å². The third-order valence-electron chi connectivity index (χ3n) is 4.79. The Kier molecular flexibility index (Phi) is 12.1. The van der Waals surface area contributed by atoms with Gasteiger partial charge in [0.1, 0.15) is 18.1 Å². The van der Waals surface area contributed by atoms with E-state index in [1.54, 1.807) is 0 Å². The Morgan fingerprint density at radius 2 is 1.65 bits per heavy atom. The van der Waals surface area contributed by atoms with Crippen LogP contribution in [0.3, 0.4) is 0 Å². The quantitative estimate of drug-likeness (QED) is 0.126. The van der Waals surface area contributed by atoms with E-state index in [9.17, 15) is 29.1 Å². The van der Waals surface area contributed by atoms with E-state index in [4.69, 9.17) is 11.5 Å². The van der Waals surface area contributed by atoms with E-state index in [-0.39, 0.29) is 37.4 Å². The average Bonchev–Trinajstić information content (AvgIpc) is 3.27. The largest absolute Gasteiger partial charge is 0.480 e. The standard InChI is InChI=1S/C20H33N7O6S/c1-10(2)5-13(25-17(29)12(21)3-4-16(22)28)18(30)27-15(8-34)19(31)26-14(20(32)33)6-11-7-23-9-24-11/h7,9-10,12-15,34H,3-6,8,21H2,1-2H3,(H2,22,28)(H,23,24)(H,25,29)(H,26,31)(H,27,30)(H,32,33). The van der Waals surface area contributed by atoms with Gasteiger partial charge >= 0.3 is 5.97 Å². The van der Waals surface area contributed by atoms with Crippen LogP contribution in [-0.2, 0) is 30.4 Å². The van der Waals surface area contributed by atoms with Crippen LogP contribution >= 0.6 is 12.6 Å². The molecule has 13 nitrogen and oxygen atoms in total. The van der Waals surface area contributed by atoms with Crippen molar-refractivity contribution in [2.24, 2.45) is 17.4 Å². The van der Waals surface area contributed by atoms with Crippen LogP contribution in [-0.4, -0.2) is 74.6 Å². The molecular weight excluding hydrogens is 466 g/mol. The van der Waals surface area contributed by atoms with E-state index in [2.05, 4.69) is 38.5 Å². The highest BCUT2D eigenvalue weighted by Crippen LogP contribution is 2.07. The van der Waals surface area contributed by atoms with Gasteiger partial charge in [0.25, 0.3) is 0 Å². The van der Waals surface area contributed by atoms with Crippen molar-refractivity contribution < 1.29 is 29.1 Å². The maximum atomic E-state index is 12.9. The summed E-state index contributed by atoms with van der Waals surface area (Å²) >= 11 is 4.09. The third kappa shape index (κ3) is 10.2. The molecule has 0 aliphatic rings. The molecule has 0 saturated carbocycles. The van der Waals surface area contributed by atoms with Gasteiger partial charge in [-0.2, -0.15) is 12.6 Å². The second kappa shape index (κ2) is 14.2. The van der Waals surface area contributed by atoms with E-state index in [0.29, 0.717) is 5.69 Å². The number of hydrogen-bond donors (Lipinski definition) is 8. The molecular formula is C20H33N7O6S. The number of primary amides is 1. The number of carboxylic acids is 1. The fourth-order valence-electron chi connectivity index (χ4n) is 2.97. The fraction of sp³-hybridized carbons (Fsp3) is 0.600. The predicted molar refractivity (Wildman–Crippen MR) is 125 cm³/mol. The molecule has 34 heavy (non-hydrogen) atoms. The monoisotopic (exact) mass is 499 g/mol. The molecule has 0 aliphatic heterocycles. The number of nitrogens with zero attached hydrogens (tertiary/aromatic N) is 1. The summed E-state index contributed by atoms with van der Waals surface area (Å²) in [5.41, 5.74) is 11.3. The molecule has 190 valence electrons. The number of nitrogens with two attached hydrogens (primary N) is 2. The molecule has 9 N–H and O–H groups in total. The minimum atomic E-state index is -1.26. The molecule has 4 amide bonds. The lowest BCUT2D eigenvalue weighted by Gasteiger charge is -2.25. The molecule has 1 aromatic heterocycles. The number of rotatable bonds is 15. The number of H-pyrrole nitrogens is 1. The van der Waals surface area contributed by atoms with Crippen LogP contribution in [0.4, 0.5) is 0 Å². The Labute approximate surface area is 202 Å². The number of carbonyl (C=O) groups excluding carboxylic acids is 4. The molecule has 0 aromatic carbocycles. The number of carbonyl (C=O) groups is 5. The summed E-state index contributed by atoms with van der Waals surface area (Å²) in [6, 6.07) is -4.48. The molecule has 0 bridgehead atoms. The molecule has 0 aliphatic carbocycles. The van der Waals surface area contributed by atoms with E-state index >= 15 is 0 Å². The Hall–Kier alpha value is -3.13. The van der Waals surface area contributed by atoms with Crippen molar-refractivity contribution in [1.82, 2.24) is 25.9 Å². The summed E-state index contributed by atoms with van der Waals surface area (Å²) in [4.78, 5) is 66.9. The maximum absolute atomic E-state index is 12.9. The number of nitrogens with one attached hydrogen (secondary N) is 4. The Balaban J connectivity index is 2.82. The van der Waals surface area contributed by atoms with Gasteiger partial charge in [-0.1, -0.05) is 13.8 Å². The first-order valence-electron chi connectivity index (χ1n) is 10.7. The summed E-state index contributed by atoms with van der Waals surface area (Å²) in [6.45, 7) is 3.68. The molecule has 4 unspecified atom stereocenters. The van der Waals surface area contributed by atoms with Crippen LogP contribution in [0.25, 0.3) is 0 Å². The maximum Gasteiger partial charge on any atom is 0.326 e. The minimum absolute atomic E-state index is 0.00645. The SMILES string of the molecule is CC(C)CC(NC(=O)C(N)CCC(N)=O)C(=O)NC(CS)C(=O)NC(Cc1cnc[nH]1)C(=O)O. The first-order valence-corrected chi connectivity index (χ1v) is 11.3. The zero-order valence-corrected chi connectivity index (χ0v) is 20.0. The van der Waals surface area contributed by atoms with Crippen LogP contribution in [0.15, 0.2) is 12.5 Å². The highest BCUT2D eigenvalue weighted by molar-refractivity contribution is 7.80. The van der Waals surface area contributed by atoms with Crippen molar-refractivity contribution in [1.29, 1.82) is 0 Å². The Bertz CT molecular complexity index is 848. The Morgan fingerprint density at radius 1 is 1.06 bits per heavy atom. The number of amides is 4. The first kappa shape index (κ1) is 28.9.